The minimum Gasteiger partial charge on any atom is -0.294 e. The standard InChI is InChI=1S/C13H22O/c1-4-5-11(3)13(14)12-8-6-10(2)7-9-12/h10,12H,3-9H2,1-2H3. The number of rotatable bonds is 4. The number of Topliss-reactive ketones (excluding diaryl/α,β-unsaturated/α-hetero) is 1. The van der Waals surface area contributed by atoms with Crippen molar-refractivity contribution in [3.63, 3.8) is 0 Å². The molecule has 0 bridgehead atoms. The van der Waals surface area contributed by atoms with Crippen LogP contribution in [0, 0.1) is 11.8 Å². The van der Waals surface area contributed by atoms with E-state index >= 15 is 0 Å². The molecule has 0 atom stereocenters. The molecule has 1 aliphatic rings. The van der Waals surface area contributed by atoms with Gasteiger partial charge in [-0.15, -0.1) is 0 Å². The molecule has 1 aliphatic carbocycles. The number of allylic oxidation sites excluding steroid dienone is 1. The predicted octanol–water partition coefficient (Wildman–Crippen LogP) is 3.74. The molecule has 1 fully saturated rings. The fourth-order valence-electron chi connectivity index (χ4n) is 2.24. The van der Waals surface area contributed by atoms with Crippen LogP contribution >= 0.6 is 0 Å². The van der Waals surface area contributed by atoms with Crippen molar-refractivity contribution in [1.29, 1.82) is 0 Å². The van der Waals surface area contributed by atoms with Crippen molar-refractivity contribution in [2.75, 3.05) is 0 Å². The Morgan fingerprint density at radius 3 is 2.36 bits per heavy atom. The van der Waals surface area contributed by atoms with Crippen molar-refractivity contribution in [2.45, 2.75) is 52.4 Å². The van der Waals surface area contributed by atoms with E-state index in [1.807, 2.05) is 0 Å². The zero-order valence-corrected chi connectivity index (χ0v) is 9.51. The van der Waals surface area contributed by atoms with E-state index in [0.29, 0.717) is 11.7 Å². The summed E-state index contributed by atoms with van der Waals surface area (Å²) in [6.07, 6.45) is 6.52. The smallest absolute Gasteiger partial charge is 0.161 e. The third-order valence-corrected chi connectivity index (χ3v) is 3.29. The Morgan fingerprint density at radius 2 is 1.86 bits per heavy atom. The van der Waals surface area contributed by atoms with Gasteiger partial charge in [-0.3, -0.25) is 4.79 Å². The summed E-state index contributed by atoms with van der Waals surface area (Å²) in [4.78, 5) is 11.9. The van der Waals surface area contributed by atoms with Crippen LogP contribution in [0.4, 0.5) is 0 Å². The Hall–Kier alpha value is -0.590. The van der Waals surface area contributed by atoms with E-state index < -0.39 is 0 Å². The molecule has 80 valence electrons. The molecule has 14 heavy (non-hydrogen) atoms. The van der Waals surface area contributed by atoms with E-state index in [4.69, 9.17) is 0 Å². The van der Waals surface area contributed by atoms with Gasteiger partial charge in [-0.1, -0.05) is 39.7 Å². The number of ketones is 1. The molecule has 0 radical (unpaired) electrons. The first-order valence-corrected chi connectivity index (χ1v) is 5.87. The maximum absolute atomic E-state index is 11.9. The van der Waals surface area contributed by atoms with Gasteiger partial charge in [-0.05, 0) is 30.8 Å². The largest absolute Gasteiger partial charge is 0.294 e. The molecule has 0 aromatic heterocycles. The van der Waals surface area contributed by atoms with E-state index in [1.165, 1.54) is 12.8 Å². The van der Waals surface area contributed by atoms with E-state index in [2.05, 4.69) is 20.4 Å². The molecule has 0 unspecified atom stereocenters. The summed E-state index contributed by atoms with van der Waals surface area (Å²) >= 11 is 0. The van der Waals surface area contributed by atoms with Gasteiger partial charge >= 0.3 is 0 Å². The van der Waals surface area contributed by atoms with Gasteiger partial charge in [0, 0.05) is 5.92 Å². The quantitative estimate of drug-likeness (QED) is 0.623. The fraction of sp³-hybridized carbons (Fsp3) is 0.769. The van der Waals surface area contributed by atoms with Gasteiger partial charge in [0.05, 0.1) is 0 Å². The van der Waals surface area contributed by atoms with Crippen LogP contribution in [0.3, 0.4) is 0 Å². The monoisotopic (exact) mass is 194 g/mol. The molecule has 0 saturated heterocycles. The van der Waals surface area contributed by atoms with Crippen LogP contribution in [0.5, 0.6) is 0 Å². The Kier molecular flexibility index (Phi) is 4.37. The predicted molar refractivity (Wildman–Crippen MR) is 60.2 cm³/mol. The molecule has 0 spiro atoms. The third-order valence-electron chi connectivity index (χ3n) is 3.29. The van der Waals surface area contributed by atoms with Crippen molar-refractivity contribution >= 4 is 5.78 Å². The van der Waals surface area contributed by atoms with Crippen molar-refractivity contribution in [3.05, 3.63) is 12.2 Å². The summed E-state index contributed by atoms with van der Waals surface area (Å²) in [5, 5.41) is 0. The minimum absolute atomic E-state index is 0.297. The normalized spacial score (nSPS) is 27.3. The Morgan fingerprint density at radius 1 is 1.29 bits per heavy atom. The minimum atomic E-state index is 0.297. The van der Waals surface area contributed by atoms with Gasteiger partial charge in [0.25, 0.3) is 0 Å². The lowest BCUT2D eigenvalue weighted by Gasteiger charge is -2.25. The lowest BCUT2D eigenvalue weighted by atomic mass is 9.79. The lowest BCUT2D eigenvalue weighted by molar-refractivity contribution is -0.120. The summed E-state index contributed by atoms with van der Waals surface area (Å²) in [5.41, 5.74) is 0.854. The average Bonchev–Trinajstić information content (AvgIpc) is 2.18. The molecular formula is C13H22O. The fourth-order valence-corrected chi connectivity index (χ4v) is 2.24. The van der Waals surface area contributed by atoms with Crippen LogP contribution < -0.4 is 0 Å². The van der Waals surface area contributed by atoms with Gasteiger partial charge in [-0.2, -0.15) is 0 Å². The molecule has 0 aliphatic heterocycles. The lowest BCUT2D eigenvalue weighted by Crippen LogP contribution is -2.21. The molecule has 1 nitrogen and oxygen atoms in total. The highest BCUT2D eigenvalue weighted by molar-refractivity contribution is 5.96. The topological polar surface area (TPSA) is 17.1 Å². The van der Waals surface area contributed by atoms with E-state index in [1.54, 1.807) is 0 Å². The molecule has 0 aromatic rings. The van der Waals surface area contributed by atoms with Crippen molar-refractivity contribution in [3.8, 4) is 0 Å². The third kappa shape index (κ3) is 2.97. The second-order valence-corrected chi connectivity index (χ2v) is 4.67. The molecule has 0 N–H and O–H groups in total. The van der Waals surface area contributed by atoms with E-state index in [-0.39, 0.29) is 0 Å². The average molecular weight is 194 g/mol. The SMILES string of the molecule is C=C(CCC)C(=O)C1CCC(C)CC1. The van der Waals surface area contributed by atoms with Crippen molar-refractivity contribution in [2.24, 2.45) is 11.8 Å². The van der Waals surface area contributed by atoms with E-state index in [9.17, 15) is 4.79 Å². The van der Waals surface area contributed by atoms with Crippen LogP contribution in [-0.4, -0.2) is 5.78 Å². The van der Waals surface area contributed by atoms with Gasteiger partial charge < -0.3 is 0 Å². The number of carbonyl (C=O) groups excluding carboxylic acids is 1. The van der Waals surface area contributed by atoms with E-state index in [0.717, 1.165) is 37.2 Å². The summed E-state index contributed by atoms with van der Waals surface area (Å²) in [5.74, 6) is 1.46. The summed E-state index contributed by atoms with van der Waals surface area (Å²) in [6.45, 7) is 8.27. The molecular weight excluding hydrogens is 172 g/mol. The second-order valence-electron chi connectivity index (χ2n) is 4.67. The molecule has 0 heterocycles. The van der Waals surface area contributed by atoms with Crippen LogP contribution in [0.25, 0.3) is 0 Å². The maximum atomic E-state index is 11.9. The zero-order chi connectivity index (χ0) is 10.6. The van der Waals surface area contributed by atoms with Crippen LogP contribution in [0.2, 0.25) is 0 Å². The zero-order valence-electron chi connectivity index (χ0n) is 9.51. The molecule has 1 heteroatoms. The highest BCUT2D eigenvalue weighted by Gasteiger charge is 2.25. The highest BCUT2D eigenvalue weighted by Crippen LogP contribution is 2.30. The van der Waals surface area contributed by atoms with Gasteiger partial charge in [0.15, 0.2) is 5.78 Å². The second kappa shape index (κ2) is 5.33. The maximum Gasteiger partial charge on any atom is 0.161 e. The number of carbonyl (C=O) groups is 1. The summed E-state index contributed by atoms with van der Waals surface area (Å²) < 4.78 is 0. The number of hydrogen-bond acceptors (Lipinski definition) is 1. The van der Waals surface area contributed by atoms with Crippen LogP contribution in [0.15, 0.2) is 12.2 Å². The first-order chi connectivity index (χ1) is 6.65. The van der Waals surface area contributed by atoms with Gasteiger partial charge in [0.1, 0.15) is 0 Å². The molecule has 0 aromatic carbocycles. The van der Waals surface area contributed by atoms with Gasteiger partial charge in [-0.25, -0.2) is 0 Å². The van der Waals surface area contributed by atoms with Crippen molar-refractivity contribution in [1.82, 2.24) is 0 Å². The molecule has 1 rings (SSSR count). The number of hydrogen-bond donors (Lipinski definition) is 0. The molecule has 1 saturated carbocycles. The highest BCUT2D eigenvalue weighted by atomic mass is 16.1. The molecule has 0 amide bonds. The summed E-state index contributed by atoms with van der Waals surface area (Å²) in [7, 11) is 0. The van der Waals surface area contributed by atoms with Crippen LogP contribution in [0.1, 0.15) is 52.4 Å². The first-order valence-electron chi connectivity index (χ1n) is 5.87. The van der Waals surface area contributed by atoms with Crippen LogP contribution in [-0.2, 0) is 4.79 Å². The summed E-state index contributed by atoms with van der Waals surface area (Å²) in [6, 6.07) is 0. The Balaban J connectivity index is 2.41. The van der Waals surface area contributed by atoms with Gasteiger partial charge in [0.2, 0.25) is 0 Å². The Labute approximate surface area is 87.6 Å². The van der Waals surface area contributed by atoms with Crippen molar-refractivity contribution < 1.29 is 4.79 Å². The Bertz CT molecular complexity index is 209. The first kappa shape index (κ1) is 11.5.